The summed E-state index contributed by atoms with van der Waals surface area (Å²) in [5.41, 5.74) is 1.30. The van der Waals surface area contributed by atoms with Gasteiger partial charge in [-0.05, 0) is 123 Å². The van der Waals surface area contributed by atoms with Crippen LogP contribution in [0.3, 0.4) is 0 Å². The van der Waals surface area contributed by atoms with E-state index in [1.807, 2.05) is 0 Å². The standard InChI is InChI=1S/C29H46O3/c1-17(2)18-9-15-29(25(31)32)16-10-20-19(24(18)29)7-8-22-27(20,5)13-11-21-26(3,4)23(30)12-14-28(21,22)6/h18-24,30H,1,7-16H2,2-6H3,(H,31,32)/t18-,19-,20?,21?,22?,23+,24?,27-,28-,29-/m0/s1. The van der Waals surface area contributed by atoms with Crippen molar-refractivity contribution >= 4 is 5.97 Å². The smallest absolute Gasteiger partial charge is 0.309 e. The lowest BCUT2D eigenvalue weighted by Gasteiger charge is -2.69. The van der Waals surface area contributed by atoms with Crippen LogP contribution in [0.4, 0.5) is 0 Å². The Morgan fingerprint density at radius 1 is 0.844 bits per heavy atom. The molecule has 5 aliphatic carbocycles. The number of aliphatic carboxylic acids is 1. The van der Waals surface area contributed by atoms with Crippen LogP contribution < -0.4 is 0 Å². The minimum Gasteiger partial charge on any atom is -0.481 e. The molecule has 0 amide bonds. The van der Waals surface area contributed by atoms with E-state index in [0.717, 1.165) is 38.5 Å². The van der Waals surface area contributed by atoms with Gasteiger partial charge in [-0.2, -0.15) is 0 Å². The van der Waals surface area contributed by atoms with E-state index in [-0.39, 0.29) is 17.4 Å². The Labute approximate surface area is 195 Å². The average molecular weight is 443 g/mol. The van der Waals surface area contributed by atoms with Gasteiger partial charge < -0.3 is 10.2 Å². The lowest BCUT2D eigenvalue weighted by molar-refractivity contribution is -0.217. The van der Waals surface area contributed by atoms with Gasteiger partial charge in [0.25, 0.3) is 0 Å². The molecule has 2 N–H and O–H groups in total. The molecule has 0 aromatic carbocycles. The van der Waals surface area contributed by atoms with Crippen molar-refractivity contribution in [2.75, 3.05) is 0 Å². The molecule has 0 saturated heterocycles. The van der Waals surface area contributed by atoms with Crippen LogP contribution in [0.5, 0.6) is 0 Å². The molecule has 3 nitrogen and oxygen atoms in total. The highest BCUT2D eigenvalue weighted by Crippen LogP contribution is 2.73. The van der Waals surface area contributed by atoms with Crippen molar-refractivity contribution in [1.29, 1.82) is 0 Å². The molecule has 5 aliphatic rings. The van der Waals surface area contributed by atoms with Crippen LogP contribution in [-0.2, 0) is 4.79 Å². The maximum Gasteiger partial charge on any atom is 0.309 e. The largest absolute Gasteiger partial charge is 0.481 e. The summed E-state index contributed by atoms with van der Waals surface area (Å²) in [5.74, 6) is 2.60. The summed E-state index contributed by atoms with van der Waals surface area (Å²) in [6.45, 7) is 16.2. The molecule has 180 valence electrons. The summed E-state index contributed by atoms with van der Waals surface area (Å²) in [4.78, 5) is 12.7. The maximum atomic E-state index is 12.7. The van der Waals surface area contributed by atoms with E-state index in [2.05, 4.69) is 41.2 Å². The molecule has 0 spiro atoms. The van der Waals surface area contributed by atoms with E-state index in [9.17, 15) is 15.0 Å². The fourth-order valence-corrected chi connectivity index (χ4v) is 11.2. The zero-order chi connectivity index (χ0) is 23.3. The topological polar surface area (TPSA) is 57.5 Å². The highest BCUT2D eigenvalue weighted by atomic mass is 16.4. The van der Waals surface area contributed by atoms with E-state index in [1.165, 1.54) is 31.3 Å². The van der Waals surface area contributed by atoms with E-state index in [1.54, 1.807) is 0 Å². The Hall–Kier alpha value is -0.830. The number of aliphatic hydroxyl groups is 1. The Morgan fingerprint density at radius 2 is 1.50 bits per heavy atom. The van der Waals surface area contributed by atoms with Crippen LogP contribution in [-0.4, -0.2) is 22.3 Å². The van der Waals surface area contributed by atoms with Crippen molar-refractivity contribution in [2.24, 2.45) is 57.2 Å². The second kappa shape index (κ2) is 7.09. The van der Waals surface area contributed by atoms with E-state index < -0.39 is 11.4 Å². The number of allylic oxidation sites excluding steroid dienone is 1. The molecule has 3 heteroatoms. The predicted octanol–water partition coefficient (Wildman–Crippen LogP) is 6.70. The molecule has 32 heavy (non-hydrogen) atoms. The zero-order valence-corrected chi connectivity index (χ0v) is 21.1. The number of hydrogen-bond acceptors (Lipinski definition) is 2. The minimum atomic E-state index is -0.532. The summed E-state index contributed by atoms with van der Waals surface area (Å²) in [7, 11) is 0. The minimum absolute atomic E-state index is 0.00724. The first kappa shape index (κ1) is 22.9. The van der Waals surface area contributed by atoms with E-state index in [0.29, 0.717) is 40.4 Å². The molecular weight excluding hydrogens is 396 g/mol. The van der Waals surface area contributed by atoms with Crippen molar-refractivity contribution in [3.05, 3.63) is 12.2 Å². The third-order valence-electron chi connectivity index (χ3n) is 12.6. The molecule has 0 bridgehead atoms. The molecular formula is C29H46O3. The fraction of sp³-hybridized carbons (Fsp3) is 0.897. The van der Waals surface area contributed by atoms with Gasteiger partial charge >= 0.3 is 5.97 Å². The predicted molar refractivity (Wildman–Crippen MR) is 128 cm³/mol. The number of carboxylic acids is 1. The number of rotatable bonds is 2. The number of aliphatic hydroxyl groups excluding tert-OH is 1. The van der Waals surface area contributed by atoms with Crippen molar-refractivity contribution in [1.82, 2.24) is 0 Å². The highest BCUT2D eigenvalue weighted by Gasteiger charge is 2.68. The van der Waals surface area contributed by atoms with Crippen LogP contribution in [0, 0.1) is 57.2 Å². The van der Waals surface area contributed by atoms with Crippen molar-refractivity contribution in [3.63, 3.8) is 0 Å². The molecule has 0 aromatic heterocycles. The molecule has 4 unspecified atom stereocenters. The molecule has 10 atom stereocenters. The Kier molecular flexibility index (Phi) is 5.08. The van der Waals surface area contributed by atoms with E-state index in [4.69, 9.17) is 0 Å². The van der Waals surface area contributed by atoms with Crippen LogP contribution in [0.1, 0.15) is 98.8 Å². The van der Waals surface area contributed by atoms with Gasteiger partial charge in [0.2, 0.25) is 0 Å². The van der Waals surface area contributed by atoms with Gasteiger partial charge in [-0.1, -0.05) is 39.8 Å². The monoisotopic (exact) mass is 442 g/mol. The van der Waals surface area contributed by atoms with Gasteiger partial charge in [0.05, 0.1) is 11.5 Å². The maximum absolute atomic E-state index is 12.7. The van der Waals surface area contributed by atoms with Gasteiger partial charge in [0.1, 0.15) is 0 Å². The van der Waals surface area contributed by atoms with Gasteiger partial charge in [0.15, 0.2) is 0 Å². The lowest BCUT2D eigenvalue weighted by atomic mass is 9.36. The Morgan fingerprint density at radius 3 is 2.16 bits per heavy atom. The van der Waals surface area contributed by atoms with Crippen molar-refractivity contribution < 1.29 is 15.0 Å². The van der Waals surface area contributed by atoms with Crippen LogP contribution in [0.2, 0.25) is 0 Å². The molecule has 0 heterocycles. The first-order valence-corrected chi connectivity index (χ1v) is 13.5. The Balaban J connectivity index is 1.52. The quantitative estimate of drug-likeness (QED) is 0.468. The number of fused-ring (bicyclic) bond motifs is 7. The molecule has 0 radical (unpaired) electrons. The van der Waals surface area contributed by atoms with Gasteiger partial charge in [-0.3, -0.25) is 4.79 Å². The average Bonchev–Trinajstić information content (AvgIpc) is 3.12. The molecule has 0 aromatic rings. The van der Waals surface area contributed by atoms with Crippen LogP contribution >= 0.6 is 0 Å². The molecule has 0 aliphatic heterocycles. The van der Waals surface area contributed by atoms with Gasteiger partial charge in [0, 0.05) is 0 Å². The summed E-state index contributed by atoms with van der Waals surface area (Å²) in [6.07, 6.45) is 10.6. The summed E-state index contributed by atoms with van der Waals surface area (Å²) < 4.78 is 0. The summed E-state index contributed by atoms with van der Waals surface area (Å²) >= 11 is 0. The third-order valence-corrected chi connectivity index (χ3v) is 12.6. The zero-order valence-electron chi connectivity index (χ0n) is 21.1. The highest BCUT2D eigenvalue weighted by molar-refractivity contribution is 5.76. The summed E-state index contributed by atoms with van der Waals surface area (Å²) in [5, 5.41) is 21.2. The third kappa shape index (κ3) is 2.72. The molecule has 5 rings (SSSR count). The fourth-order valence-electron chi connectivity index (χ4n) is 11.2. The first-order valence-electron chi connectivity index (χ1n) is 13.5. The van der Waals surface area contributed by atoms with Crippen molar-refractivity contribution in [3.8, 4) is 0 Å². The number of carboxylic acid groups (broad SMARTS) is 1. The van der Waals surface area contributed by atoms with Crippen LogP contribution in [0.15, 0.2) is 12.2 Å². The number of carbonyl (C=O) groups is 1. The second-order valence-corrected chi connectivity index (χ2v) is 13.9. The summed E-state index contributed by atoms with van der Waals surface area (Å²) in [6, 6.07) is 0. The Bertz CT molecular complexity index is 815. The van der Waals surface area contributed by atoms with E-state index >= 15 is 0 Å². The number of hydrogen-bond donors (Lipinski definition) is 2. The first-order chi connectivity index (χ1) is 14.9. The molecule has 5 saturated carbocycles. The molecule has 5 fully saturated rings. The van der Waals surface area contributed by atoms with Crippen LogP contribution in [0.25, 0.3) is 0 Å². The second-order valence-electron chi connectivity index (χ2n) is 13.9. The van der Waals surface area contributed by atoms with Gasteiger partial charge in [-0.25, -0.2) is 0 Å². The lowest BCUT2D eigenvalue weighted by Crippen LogP contribution is -2.63. The SMILES string of the molecule is C=C(C)[C@@H]1CC[C@]2(C(=O)O)CCC3[C@H](CCC4[C@@]3(C)CCC3C(C)(C)[C@H](O)CC[C@@]34C)C12. The van der Waals surface area contributed by atoms with Gasteiger partial charge in [-0.15, -0.1) is 0 Å². The normalized spacial score (nSPS) is 54.0. The van der Waals surface area contributed by atoms with Crippen molar-refractivity contribution in [2.45, 2.75) is 105 Å².